The number of pyridine rings is 1. The van der Waals surface area contributed by atoms with Crippen LogP contribution >= 0.6 is 11.3 Å². The smallest absolute Gasteiger partial charge is 0.128 e. The lowest BCUT2D eigenvalue weighted by Gasteiger charge is -1.81. The Morgan fingerprint density at radius 1 is 1.50 bits per heavy atom. The summed E-state index contributed by atoms with van der Waals surface area (Å²) in [4.78, 5) is 4.13. The van der Waals surface area contributed by atoms with Crippen molar-refractivity contribution in [3.05, 3.63) is 24.4 Å². The van der Waals surface area contributed by atoms with Crippen LogP contribution in [0.1, 0.15) is 0 Å². The lowest BCUT2D eigenvalue weighted by atomic mass is 10.1. The Morgan fingerprint density at radius 3 is 3.20 bits per heavy atom. The number of thiophene rings is 1. The molecule has 46 valence electrons. The van der Waals surface area contributed by atoms with Crippen LogP contribution < -0.4 is 4.78 Å². The first-order valence-corrected chi connectivity index (χ1v) is 3.78. The standard InChI is InChI=1S/C7H4BNS/c8-7-4-5-6(10-7)2-1-3-9-5/h1-4H. The molecule has 2 heterocycles. The van der Waals surface area contributed by atoms with Crippen molar-refractivity contribution in [2.24, 2.45) is 0 Å². The van der Waals surface area contributed by atoms with Gasteiger partial charge in [-0.1, -0.05) is 0 Å². The molecule has 2 radical (unpaired) electrons. The first kappa shape index (κ1) is 5.92. The number of nitrogens with zero attached hydrogens (tertiary/aromatic N) is 1. The van der Waals surface area contributed by atoms with E-state index in [1.807, 2.05) is 18.2 Å². The Balaban J connectivity index is 2.88. The summed E-state index contributed by atoms with van der Waals surface area (Å²) in [5.74, 6) is 0. The highest BCUT2D eigenvalue weighted by Gasteiger charge is 1.94. The fraction of sp³-hybridized carbons (Fsp3) is 0. The van der Waals surface area contributed by atoms with Crippen LogP contribution in [0.5, 0.6) is 0 Å². The zero-order valence-corrected chi connectivity index (χ0v) is 6.06. The first-order chi connectivity index (χ1) is 4.86. The van der Waals surface area contributed by atoms with E-state index in [2.05, 4.69) is 4.98 Å². The summed E-state index contributed by atoms with van der Waals surface area (Å²) in [5.41, 5.74) is 0.991. The highest BCUT2D eigenvalue weighted by molar-refractivity contribution is 7.26. The van der Waals surface area contributed by atoms with Crippen LogP contribution in [-0.2, 0) is 0 Å². The maximum atomic E-state index is 5.57. The second kappa shape index (κ2) is 2.09. The van der Waals surface area contributed by atoms with Gasteiger partial charge in [0.2, 0.25) is 0 Å². The van der Waals surface area contributed by atoms with Crippen LogP contribution in [0.15, 0.2) is 24.4 Å². The molecule has 0 atom stereocenters. The number of rotatable bonds is 0. The molecule has 0 fully saturated rings. The molecule has 0 spiro atoms. The minimum absolute atomic E-state index is 0.828. The van der Waals surface area contributed by atoms with Crippen LogP contribution in [0.25, 0.3) is 10.2 Å². The molecule has 0 aliphatic rings. The molecule has 2 rings (SSSR count). The molecule has 1 nitrogen and oxygen atoms in total. The molecule has 0 aliphatic carbocycles. The molecule has 0 N–H and O–H groups in total. The minimum Gasteiger partial charge on any atom is -0.255 e. The van der Waals surface area contributed by atoms with E-state index in [9.17, 15) is 0 Å². The van der Waals surface area contributed by atoms with Crippen molar-refractivity contribution in [2.45, 2.75) is 0 Å². The Morgan fingerprint density at radius 2 is 2.40 bits per heavy atom. The number of hydrogen-bond acceptors (Lipinski definition) is 2. The minimum atomic E-state index is 0.828. The van der Waals surface area contributed by atoms with Crippen molar-refractivity contribution in [2.75, 3.05) is 0 Å². The van der Waals surface area contributed by atoms with Crippen molar-refractivity contribution in [3.63, 3.8) is 0 Å². The molecule has 0 amide bonds. The second-order valence-electron chi connectivity index (χ2n) is 2.04. The third-order valence-corrected chi connectivity index (χ3v) is 2.23. The second-order valence-corrected chi connectivity index (χ2v) is 3.15. The van der Waals surface area contributed by atoms with Gasteiger partial charge >= 0.3 is 0 Å². The van der Waals surface area contributed by atoms with E-state index >= 15 is 0 Å². The van der Waals surface area contributed by atoms with Gasteiger partial charge in [-0.25, -0.2) is 0 Å². The predicted octanol–water partition coefficient (Wildman–Crippen LogP) is 1.09. The summed E-state index contributed by atoms with van der Waals surface area (Å²) in [6.07, 6.45) is 1.77. The van der Waals surface area contributed by atoms with Crippen LogP contribution in [0.4, 0.5) is 0 Å². The molecular weight excluding hydrogens is 141 g/mol. The Labute approximate surface area is 64.1 Å². The molecule has 3 heteroatoms. The first-order valence-electron chi connectivity index (χ1n) is 2.96. The van der Waals surface area contributed by atoms with E-state index in [1.54, 1.807) is 17.5 Å². The summed E-state index contributed by atoms with van der Waals surface area (Å²) >= 11 is 1.57. The van der Waals surface area contributed by atoms with E-state index in [1.165, 1.54) is 0 Å². The fourth-order valence-corrected chi connectivity index (χ4v) is 1.68. The molecular formula is C7H4BNS. The van der Waals surface area contributed by atoms with Crippen molar-refractivity contribution in [1.82, 2.24) is 4.98 Å². The number of fused-ring (bicyclic) bond motifs is 1. The lowest BCUT2D eigenvalue weighted by molar-refractivity contribution is 1.43. The Bertz CT molecular complexity index is 322. The van der Waals surface area contributed by atoms with Gasteiger partial charge in [0.1, 0.15) is 7.85 Å². The monoisotopic (exact) mass is 145 g/mol. The van der Waals surface area contributed by atoms with Gasteiger partial charge in [-0.15, -0.1) is 0 Å². The van der Waals surface area contributed by atoms with E-state index in [-0.39, 0.29) is 0 Å². The molecule has 0 saturated heterocycles. The van der Waals surface area contributed by atoms with Crippen LogP contribution in [-0.4, -0.2) is 12.8 Å². The van der Waals surface area contributed by atoms with E-state index < -0.39 is 0 Å². The maximum Gasteiger partial charge on any atom is 0.128 e. The Hall–Kier alpha value is -0.825. The van der Waals surface area contributed by atoms with Gasteiger partial charge in [0.15, 0.2) is 0 Å². The van der Waals surface area contributed by atoms with Gasteiger partial charge in [0.05, 0.1) is 10.2 Å². The van der Waals surface area contributed by atoms with E-state index in [0.717, 1.165) is 15.0 Å². The zero-order valence-electron chi connectivity index (χ0n) is 5.24. The predicted molar refractivity (Wildman–Crippen MR) is 45.0 cm³/mol. The molecule has 10 heavy (non-hydrogen) atoms. The summed E-state index contributed by atoms with van der Waals surface area (Å²) in [5, 5.41) is 0. The Kier molecular flexibility index (Phi) is 1.24. The number of aromatic nitrogens is 1. The zero-order chi connectivity index (χ0) is 6.97. The van der Waals surface area contributed by atoms with Gasteiger partial charge in [0.25, 0.3) is 0 Å². The molecule has 2 aromatic rings. The van der Waals surface area contributed by atoms with Crippen molar-refractivity contribution in [1.29, 1.82) is 0 Å². The quantitative estimate of drug-likeness (QED) is 0.505. The molecule has 0 aliphatic heterocycles. The topological polar surface area (TPSA) is 12.9 Å². The van der Waals surface area contributed by atoms with Gasteiger partial charge in [0, 0.05) is 6.20 Å². The normalized spacial score (nSPS) is 10.4. The SMILES string of the molecule is [B]c1cc2ncccc2s1. The van der Waals surface area contributed by atoms with Crippen LogP contribution in [0.3, 0.4) is 0 Å². The molecule has 0 aromatic carbocycles. The third-order valence-electron chi connectivity index (χ3n) is 1.31. The molecule has 2 aromatic heterocycles. The summed E-state index contributed by atoms with van der Waals surface area (Å²) in [6, 6.07) is 5.82. The van der Waals surface area contributed by atoms with E-state index in [4.69, 9.17) is 7.85 Å². The van der Waals surface area contributed by atoms with Gasteiger partial charge in [-0.05, 0) is 23.0 Å². The molecule has 0 unspecified atom stereocenters. The average Bonchev–Trinajstić information content (AvgIpc) is 2.27. The summed E-state index contributed by atoms with van der Waals surface area (Å²) in [6.45, 7) is 0. The highest BCUT2D eigenvalue weighted by atomic mass is 32.1. The van der Waals surface area contributed by atoms with Crippen LogP contribution in [0, 0.1) is 0 Å². The van der Waals surface area contributed by atoms with Gasteiger partial charge in [-0.3, -0.25) is 4.98 Å². The largest absolute Gasteiger partial charge is 0.255 e. The fourth-order valence-electron chi connectivity index (χ4n) is 0.889. The maximum absolute atomic E-state index is 5.57. The lowest BCUT2D eigenvalue weighted by Crippen LogP contribution is -1.88. The van der Waals surface area contributed by atoms with Crippen molar-refractivity contribution in [3.8, 4) is 0 Å². The van der Waals surface area contributed by atoms with Crippen LogP contribution in [0.2, 0.25) is 0 Å². The molecule has 0 bridgehead atoms. The average molecular weight is 145 g/mol. The van der Waals surface area contributed by atoms with Crippen molar-refractivity contribution >= 4 is 34.2 Å². The highest BCUT2D eigenvalue weighted by Crippen LogP contribution is 2.14. The third kappa shape index (κ3) is 0.828. The summed E-state index contributed by atoms with van der Waals surface area (Å²) in [7, 11) is 5.57. The number of hydrogen-bond donors (Lipinski definition) is 0. The van der Waals surface area contributed by atoms with E-state index in [0.29, 0.717) is 0 Å². The van der Waals surface area contributed by atoms with Crippen molar-refractivity contribution < 1.29 is 0 Å². The summed E-state index contributed by atoms with van der Waals surface area (Å²) < 4.78 is 1.98. The van der Waals surface area contributed by atoms with Gasteiger partial charge < -0.3 is 0 Å². The molecule has 0 saturated carbocycles. The van der Waals surface area contributed by atoms with Gasteiger partial charge in [-0.2, -0.15) is 11.3 Å².